The summed E-state index contributed by atoms with van der Waals surface area (Å²) in [6, 6.07) is 8.35. The number of carbonyl (C=O) groups is 1. The molecule has 0 radical (unpaired) electrons. The fraction of sp³-hybridized carbons (Fsp3) is 0.500. The highest BCUT2D eigenvalue weighted by molar-refractivity contribution is 7.80. The zero-order valence-electron chi connectivity index (χ0n) is 15.8. The van der Waals surface area contributed by atoms with Gasteiger partial charge in [-0.2, -0.15) is 0 Å². The van der Waals surface area contributed by atoms with Crippen molar-refractivity contribution in [1.29, 1.82) is 0 Å². The zero-order valence-corrected chi connectivity index (χ0v) is 16.6. The van der Waals surface area contributed by atoms with Crippen LogP contribution in [-0.2, 0) is 9.53 Å². The lowest BCUT2D eigenvalue weighted by Crippen LogP contribution is -2.43. The maximum Gasteiger partial charge on any atom is 0.276 e. The fourth-order valence-corrected chi connectivity index (χ4v) is 3.48. The first-order valence-corrected chi connectivity index (χ1v) is 9.59. The molecule has 0 unspecified atom stereocenters. The van der Waals surface area contributed by atoms with Gasteiger partial charge in [0.05, 0.1) is 13.2 Å². The highest BCUT2D eigenvalue weighted by Crippen LogP contribution is 2.23. The lowest BCUT2D eigenvalue weighted by Gasteiger charge is -2.28. The number of hydrogen-bond acceptors (Lipinski definition) is 4. The van der Waals surface area contributed by atoms with E-state index in [1.807, 2.05) is 18.0 Å². The van der Waals surface area contributed by atoms with E-state index in [1.165, 1.54) is 5.56 Å². The van der Waals surface area contributed by atoms with Crippen LogP contribution < -0.4 is 0 Å². The molecule has 0 aromatic heterocycles. The second-order valence-corrected chi connectivity index (χ2v) is 7.47. The molecule has 5 nitrogen and oxygen atoms in total. The summed E-state index contributed by atoms with van der Waals surface area (Å²) in [4.78, 5) is 18.7. The van der Waals surface area contributed by atoms with Gasteiger partial charge in [0.15, 0.2) is 5.11 Å². The topological polar surface area (TPSA) is 36.0 Å². The van der Waals surface area contributed by atoms with Gasteiger partial charge in [-0.3, -0.25) is 14.6 Å². The molecule has 2 aliphatic rings. The lowest BCUT2D eigenvalue weighted by molar-refractivity contribution is -0.122. The normalized spacial score (nSPS) is 20.7. The number of nitrogens with zero attached hydrogens (tertiary/aromatic N) is 3. The van der Waals surface area contributed by atoms with Gasteiger partial charge in [0.25, 0.3) is 5.91 Å². The number of carbonyl (C=O) groups excluding carboxylic acids is 1. The quantitative estimate of drug-likeness (QED) is 0.586. The average Bonchev–Trinajstić information content (AvgIpc) is 2.85. The van der Waals surface area contributed by atoms with Crippen molar-refractivity contribution >= 4 is 29.3 Å². The van der Waals surface area contributed by atoms with Crippen LogP contribution in [0, 0.1) is 0 Å². The Morgan fingerprint density at radius 2 is 1.81 bits per heavy atom. The predicted molar refractivity (Wildman–Crippen MR) is 108 cm³/mol. The van der Waals surface area contributed by atoms with Crippen molar-refractivity contribution in [3.8, 4) is 0 Å². The fourth-order valence-electron chi connectivity index (χ4n) is 3.21. The van der Waals surface area contributed by atoms with Crippen LogP contribution in [-0.4, -0.2) is 72.2 Å². The van der Waals surface area contributed by atoms with E-state index in [9.17, 15) is 4.79 Å². The van der Waals surface area contributed by atoms with Crippen molar-refractivity contribution in [1.82, 2.24) is 14.7 Å². The Bertz CT molecular complexity index is 694. The summed E-state index contributed by atoms with van der Waals surface area (Å²) in [5.41, 5.74) is 2.94. The Labute approximate surface area is 161 Å². The average molecular weight is 374 g/mol. The first-order valence-electron chi connectivity index (χ1n) is 9.18. The van der Waals surface area contributed by atoms with E-state index in [2.05, 4.69) is 43.0 Å². The lowest BCUT2D eigenvalue weighted by atomic mass is 10.0. The number of likely N-dealkylation sites (N-methyl/N-ethyl adjacent to an activating group) is 1. The molecule has 3 rings (SSSR count). The number of ether oxygens (including phenoxy) is 1. The molecule has 2 fully saturated rings. The molecule has 0 bridgehead atoms. The van der Waals surface area contributed by atoms with Crippen LogP contribution >= 0.6 is 12.2 Å². The number of thiocarbonyl (C=S) groups is 1. The van der Waals surface area contributed by atoms with Gasteiger partial charge in [0.1, 0.15) is 5.70 Å². The van der Waals surface area contributed by atoms with E-state index in [1.54, 1.807) is 4.90 Å². The molecule has 0 N–H and O–H groups in total. The molecule has 26 heavy (non-hydrogen) atoms. The Morgan fingerprint density at radius 3 is 2.42 bits per heavy atom. The van der Waals surface area contributed by atoms with Gasteiger partial charge in [0.2, 0.25) is 0 Å². The molecule has 2 heterocycles. The van der Waals surface area contributed by atoms with Crippen LogP contribution in [0.25, 0.3) is 6.08 Å². The zero-order chi connectivity index (χ0) is 18.7. The van der Waals surface area contributed by atoms with Crippen molar-refractivity contribution in [3.05, 3.63) is 41.1 Å². The molecule has 0 saturated carbocycles. The van der Waals surface area contributed by atoms with Gasteiger partial charge in [-0.1, -0.05) is 38.1 Å². The third-order valence-corrected chi connectivity index (χ3v) is 5.49. The van der Waals surface area contributed by atoms with Crippen LogP contribution in [0.15, 0.2) is 30.0 Å². The van der Waals surface area contributed by atoms with Crippen LogP contribution in [0.2, 0.25) is 0 Å². The van der Waals surface area contributed by atoms with Gasteiger partial charge >= 0.3 is 0 Å². The predicted octanol–water partition coefficient (Wildman–Crippen LogP) is 2.54. The number of hydrogen-bond donors (Lipinski definition) is 0. The van der Waals surface area contributed by atoms with E-state index in [4.69, 9.17) is 17.0 Å². The molecular weight excluding hydrogens is 346 g/mol. The van der Waals surface area contributed by atoms with Crippen molar-refractivity contribution in [2.24, 2.45) is 0 Å². The monoisotopic (exact) mass is 373 g/mol. The van der Waals surface area contributed by atoms with Crippen molar-refractivity contribution in [2.45, 2.75) is 19.8 Å². The van der Waals surface area contributed by atoms with E-state index in [-0.39, 0.29) is 5.91 Å². The summed E-state index contributed by atoms with van der Waals surface area (Å²) >= 11 is 5.50. The highest BCUT2D eigenvalue weighted by Gasteiger charge is 2.35. The van der Waals surface area contributed by atoms with Gasteiger partial charge in [-0.25, -0.2) is 0 Å². The van der Waals surface area contributed by atoms with Gasteiger partial charge < -0.3 is 9.64 Å². The molecule has 140 valence electrons. The van der Waals surface area contributed by atoms with E-state index < -0.39 is 0 Å². The summed E-state index contributed by atoms with van der Waals surface area (Å²) in [5.74, 6) is 0.481. The van der Waals surface area contributed by atoms with Crippen LogP contribution in [0.5, 0.6) is 0 Å². The van der Waals surface area contributed by atoms with Crippen molar-refractivity contribution < 1.29 is 9.53 Å². The van der Waals surface area contributed by atoms with Gasteiger partial charge in [0, 0.05) is 33.2 Å². The minimum atomic E-state index is -0.0151. The summed E-state index contributed by atoms with van der Waals surface area (Å²) in [6.45, 7) is 9.13. The van der Waals surface area contributed by atoms with Gasteiger partial charge in [-0.15, -0.1) is 0 Å². The standard InChI is InChI=1S/C20H27N3O2S/c1-15(2)17-6-4-16(5-7-17)14-18-19(24)23(20(26)21(18)3)9-8-22-10-12-25-13-11-22/h4-7,14-15H,8-13H2,1-3H3. The van der Waals surface area contributed by atoms with Crippen molar-refractivity contribution in [3.63, 3.8) is 0 Å². The second-order valence-electron chi connectivity index (χ2n) is 7.10. The Hall–Kier alpha value is -1.76. The summed E-state index contributed by atoms with van der Waals surface area (Å²) in [6.07, 6.45) is 1.92. The summed E-state index contributed by atoms with van der Waals surface area (Å²) in [7, 11) is 1.86. The minimum Gasteiger partial charge on any atom is -0.379 e. The first kappa shape index (κ1) is 19.0. The third kappa shape index (κ3) is 4.14. The van der Waals surface area contributed by atoms with Crippen LogP contribution in [0.4, 0.5) is 0 Å². The molecule has 1 amide bonds. The number of rotatable bonds is 5. The second kappa shape index (κ2) is 8.29. The largest absolute Gasteiger partial charge is 0.379 e. The number of benzene rings is 1. The molecule has 1 aromatic rings. The molecular formula is C20H27N3O2S. The smallest absolute Gasteiger partial charge is 0.276 e. The third-order valence-electron chi connectivity index (χ3n) is 4.99. The van der Waals surface area contributed by atoms with Crippen molar-refractivity contribution in [2.75, 3.05) is 46.4 Å². The highest BCUT2D eigenvalue weighted by atomic mass is 32.1. The van der Waals surface area contributed by atoms with E-state index in [0.29, 0.717) is 23.3 Å². The molecule has 0 aliphatic carbocycles. The molecule has 0 spiro atoms. The summed E-state index contributed by atoms with van der Waals surface area (Å²) < 4.78 is 5.37. The molecule has 0 atom stereocenters. The molecule has 6 heteroatoms. The first-order chi connectivity index (χ1) is 12.5. The number of amides is 1. The molecule has 2 saturated heterocycles. The maximum atomic E-state index is 12.9. The molecule has 2 aliphatic heterocycles. The maximum absolute atomic E-state index is 12.9. The Balaban J connectivity index is 1.69. The Morgan fingerprint density at radius 1 is 1.15 bits per heavy atom. The Kier molecular flexibility index (Phi) is 6.06. The van der Waals surface area contributed by atoms with Crippen LogP contribution in [0.3, 0.4) is 0 Å². The van der Waals surface area contributed by atoms with Crippen LogP contribution in [0.1, 0.15) is 30.9 Å². The van der Waals surface area contributed by atoms with E-state index in [0.717, 1.165) is 38.4 Å². The van der Waals surface area contributed by atoms with E-state index >= 15 is 0 Å². The minimum absolute atomic E-state index is 0.0151. The van der Waals surface area contributed by atoms with Gasteiger partial charge in [-0.05, 0) is 35.3 Å². The SMILES string of the molecule is CC(C)c1ccc(C=C2C(=O)N(CCN3CCOCC3)C(=S)N2C)cc1. The molecule has 1 aromatic carbocycles. The summed E-state index contributed by atoms with van der Waals surface area (Å²) in [5, 5.41) is 0.577. The number of morpholine rings is 1.